The molecule has 0 heterocycles. The number of hydrogen-bond donors (Lipinski definition) is 1. The Morgan fingerprint density at radius 2 is 2.08 bits per heavy atom. The lowest BCUT2D eigenvalue weighted by molar-refractivity contribution is 0.199. The Morgan fingerprint density at radius 3 is 2.46 bits per heavy atom. The molecule has 1 saturated carbocycles. The van der Waals surface area contributed by atoms with Gasteiger partial charge in [-0.25, -0.2) is 0 Å². The van der Waals surface area contributed by atoms with Crippen molar-refractivity contribution in [2.75, 3.05) is 20.1 Å². The molecule has 1 fully saturated rings. The first-order valence-electron chi connectivity index (χ1n) is 5.59. The fourth-order valence-corrected chi connectivity index (χ4v) is 1.88. The predicted molar refractivity (Wildman–Crippen MR) is 57.7 cm³/mol. The highest BCUT2D eigenvalue weighted by Crippen LogP contribution is 2.34. The topological polar surface area (TPSA) is 29.3 Å². The standard InChI is InChI=1S/C11H24N2/c1-4-10(7-12)8-13(3)9(2)11-5-6-11/h9-11H,4-8,12H2,1-3H3. The van der Waals surface area contributed by atoms with Crippen molar-refractivity contribution in [3.8, 4) is 0 Å². The van der Waals surface area contributed by atoms with Gasteiger partial charge in [-0.05, 0) is 45.2 Å². The van der Waals surface area contributed by atoms with Gasteiger partial charge in [-0.2, -0.15) is 0 Å². The molecule has 0 aromatic carbocycles. The molecule has 1 aliphatic rings. The van der Waals surface area contributed by atoms with Crippen LogP contribution >= 0.6 is 0 Å². The molecule has 2 nitrogen and oxygen atoms in total. The Bertz CT molecular complexity index is 139. The van der Waals surface area contributed by atoms with E-state index in [1.165, 1.54) is 25.8 Å². The summed E-state index contributed by atoms with van der Waals surface area (Å²) in [7, 11) is 2.24. The molecule has 2 heteroatoms. The zero-order valence-corrected chi connectivity index (χ0v) is 9.29. The minimum atomic E-state index is 0.686. The van der Waals surface area contributed by atoms with Crippen molar-refractivity contribution in [1.82, 2.24) is 4.90 Å². The van der Waals surface area contributed by atoms with E-state index in [0.29, 0.717) is 5.92 Å². The van der Waals surface area contributed by atoms with Crippen molar-refractivity contribution in [3.63, 3.8) is 0 Å². The maximum Gasteiger partial charge on any atom is 0.00922 e. The summed E-state index contributed by atoms with van der Waals surface area (Å²) in [5, 5.41) is 0. The first kappa shape index (κ1) is 11.0. The molecule has 2 unspecified atom stereocenters. The second kappa shape index (κ2) is 4.97. The van der Waals surface area contributed by atoms with Crippen LogP contribution in [0.15, 0.2) is 0 Å². The third-order valence-corrected chi connectivity index (χ3v) is 3.46. The minimum absolute atomic E-state index is 0.686. The van der Waals surface area contributed by atoms with Crippen LogP contribution in [0.3, 0.4) is 0 Å². The summed E-state index contributed by atoms with van der Waals surface area (Å²) >= 11 is 0. The maximum atomic E-state index is 5.70. The molecule has 0 amide bonds. The van der Waals surface area contributed by atoms with Crippen molar-refractivity contribution >= 4 is 0 Å². The van der Waals surface area contributed by atoms with Crippen molar-refractivity contribution in [3.05, 3.63) is 0 Å². The van der Waals surface area contributed by atoms with Crippen LogP contribution in [0.2, 0.25) is 0 Å². The summed E-state index contributed by atoms with van der Waals surface area (Å²) in [5.74, 6) is 1.66. The summed E-state index contributed by atoms with van der Waals surface area (Å²) < 4.78 is 0. The Morgan fingerprint density at radius 1 is 1.46 bits per heavy atom. The molecule has 0 bridgehead atoms. The van der Waals surface area contributed by atoms with E-state index < -0.39 is 0 Å². The highest BCUT2D eigenvalue weighted by atomic mass is 15.1. The number of rotatable bonds is 6. The van der Waals surface area contributed by atoms with Gasteiger partial charge in [0.1, 0.15) is 0 Å². The van der Waals surface area contributed by atoms with Crippen molar-refractivity contribution in [2.24, 2.45) is 17.6 Å². The summed E-state index contributed by atoms with van der Waals surface area (Å²) in [5.41, 5.74) is 5.70. The van der Waals surface area contributed by atoms with Crippen molar-refractivity contribution in [2.45, 2.75) is 39.2 Å². The van der Waals surface area contributed by atoms with Gasteiger partial charge >= 0.3 is 0 Å². The van der Waals surface area contributed by atoms with Gasteiger partial charge in [0.05, 0.1) is 0 Å². The monoisotopic (exact) mass is 184 g/mol. The van der Waals surface area contributed by atoms with Crippen LogP contribution in [0.25, 0.3) is 0 Å². The SMILES string of the molecule is CCC(CN)CN(C)C(C)C1CC1. The third-order valence-electron chi connectivity index (χ3n) is 3.46. The lowest BCUT2D eigenvalue weighted by Gasteiger charge is -2.28. The van der Waals surface area contributed by atoms with Crippen LogP contribution in [0.4, 0.5) is 0 Å². The number of nitrogens with zero attached hydrogens (tertiary/aromatic N) is 1. The Kier molecular flexibility index (Phi) is 4.20. The molecule has 13 heavy (non-hydrogen) atoms. The van der Waals surface area contributed by atoms with Gasteiger partial charge in [-0.1, -0.05) is 13.3 Å². The molecule has 0 radical (unpaired) electrons. The van der Waals surface area contributed by atoms with Gasteiger partial charge < -0.3 is 10.6 Å². The Hall–Kier alpha value is -0.0800. The van der Waals surface area contributed by atoms with Gasteiger partial charge in [0.15, 0.2) is 0 Å². The van der Waals surface area contributed by atoms with Gasteiger partial charge in [-0.15, -0.1) is 0 Å². The molecule has 0 aliphatic heterocycles. The second-order valence-corrected chi connectivity index (χ2v) is 4.53. The quantitative estimate of drug-likeness (QED) is 0.681. The van der Waals surface area contributed by atoms with Crippen molar-refractivity contribution < 1.29 is 0 Å². The average Bonchev–Trinajstić information content (AvgIpc) is 2.95. The summed E-state index contributed by atoms with van der Waals surface area (Å²) in [4.78, 5) is 2.48. The molecular weight excluding hydrogens is 160 g/mol. The fourth-order valence-electron chi connectivity index (χ4n) is 1.88. The zero-order valence-electron chi connectivity index (χ0n) is 9.29. The minimum Gasteiger partial charge on any atom is -0.330 e. The molecule has 0 spiro atoms. The molecule has 0 aromatic heterocycles. The normalized spacial score (nSPS) is 21.9. The highest BCUT2D eigenvalue weighted by molar-refractivity contribution is 4.84. The van der Waals surface area contributed by atoms with E-state index in [1.807, 2.05) is 0 Å². The smallest absolute Gasteiger partial charge is 0.00922 e. The van der Waals surface area contributed by atoms with Crippen LogP contribution in [0.1, 0.15) is 33.1 Å². The summed E-state index contributed by atoms with van der Waals surface area (Å²) in [6, 6.07) is 0.764. The van der Waals surface area contributed by atoms with Gasteiger partial charge in [-0.3, -0.25) is 0 Å². The number of nitrogens with two attached hydrogens (primary N) is 1. The van der Waals surface area contributed by atoms with Gasteiger partial charge in [0.25, 0.3) is 0 Å². The molecular formula is C11H24N2. The lowest BCUT2D eigenvalue weighted by atomic mass is 10.1. The first-order valence-corrected chi connectivity index (χ1v) is 5.59. The molecule has 1 rings (SSSR count). The van der Waals surface area contributed by atoms with E-state index in [2.05, 4.69) is 25.8 Å². The molecule has 78 valence electrons. The van der Waals surface area contributed by atoms with Crippen LogP contribution in [0.5, 0.6) is 0 Å². The van der Waals surface area contributed by atoms with Gasteiger partial charge in [0.2, 0.25) is 0 Å². The largest absolute Gasteiger partial charge is 0.330 e. The summed E-state index contributed by atoms with van der Waals surface area (Å²) in [6.07, 6.45) is 4.08. The van der Waals surface area contributed by atoms with E-state index in [9.17, 15) is 0 Å². The Labute approximate surface area is 82.5 Å². The Balaban J connectivity index is 2.25. The highest BCUT2D eigenvalue weighted by Gasteiger charge is 2.30. The van der Waals surface area contributed by atoms with E-state index in [4.69, 9.17) is 5.73 Å². The first-order chi connectivity index (χ1) is 6.19. The summed E-state index contributed by atoms with van der Waals surface area (Å²) in [6.45, 7) is 6.58. The molecule has 0 aromatic rings. The average molecular weight is 184 g/mol. The number of hydrogen-bond acceptors (Lipinski definition) is 2. The molecule has 2 atom stereocenters. The fraction of sp³-hybridized carbons (Fsp3) is 1.00. The zero-order chi connectivity index (χ0) is 9.84. The van der Waals surface area contributed by atoms with Crippen LogP contribution in [0, 0.1) is 11.8 Å². The van der Waals surface area contributed by atoms with E-state index >= 15 is 0 Å². The molecule has 0 saturated heterocycles. The van der Waals surface area contributed by atoms with E-state index in [1.54, 1.807) is 0 Å². The molecule has 2 N–H and O–H groups in total. The second-order valence-electron chi connectivity index (χ2n) is 4.53. The van der Waals surface area contributed by atoms with Crippen molar-refractivity contribution in [1.29, 1.82) is 0 Å². The van der Waals surface area contributed by atoms with Crippen LogP contribution < -0.4 is 5.73 Å². The van der Waals surface area contributed by atoms with E-state index in [0.717, 1.165) is 18.5 Å². The van der Waals surface area contributed by atoms with Crippen LogP contribution in [-0.2, 0) is 0 Å². The lowest BCUT2D eigenvalue weighted by Crippen LogP contribution is -2.37. The van der Waals surface area contributed by atoms with E-state index in [-0.39, 0.29) is 0 Å². The third kappa shape index (κ3) is 3.28. The predicted octanol–water partition coefficient (Wildman–Crippen LogP) is 1.70. The van der Waals surface area contributed by atoms with Gasteiger partial charge in [0, 0.05) is 12.6 Å². The maximum absolute atomic E-state index is 5.70. The van der Waals surface area contributed by atoms with Crippen LogP contribution in [-0.4, -0.2) is 31.1 Å². The molecule has 1 aliphatic carbocycles.